The smallest absolute Gasteiger partial charge is 0.327 e. The Hall–Kier alpha value is -1.47. The molecule has 0 radical (unpaired) electrons. The lowest BCUT2D eigenvalue weighted by molar-refractivity contribution is -0.112. The van der Waals surface area contributed by atoms with Crippen molar-refractivity contribution in [3.8, 4) is 0 Å². The maximum atomic E-state index is 10.9. The van der Waals surface area contributed by atoms with Crippen molar-refractivity contribution in [3.05, 3.63) is 10.7 Å². The molecule has 0 amide bonds. The summed E-state index contributed by atoms with van der Waals surface area (Å²) in [6.07, 6.45) is 2.96. The van der Waals surface area contributed by atoms with E-state index in [0.717, 1.165) is 0 Å². The first-order valence-electron chi connectivity index (χ1n) is 3.75. The molecule has 0 aromatic carbocycles. The van der Waals surface area contributed by atoms with Crippen molar-refractivity contribution in [2.45, 2.75) is 11.6 Å². The number of nitrogens with one attached hydrogen (secondary N) is 1. The Morgan fingerprint density at radius 1 is 1.50 bits per heavy atom. The molecule has 7 heteroatoms. The maximum absolute atomic E-state index is 10.9. The molecule has 1 heterocycles. The molecule has 0 spiro atoms. The van der Waals surface area contributed by atoms with Gasteiger partial charge in [0, 0.05) is 12.5 Å². The van der Waals surface area contributed by atoms with Gasteiger partial charge in [0.25, 0.3) is 5.16 Å². The molecule has 1 aromatic rings. The van der Waals surface area contributed by atoms with Crippen LogP contribution < -0.4 is 10.7 Å². The third kappa shape index (κ3) is 1.47. The number of Topliss-reactive ketones (excluding diaryl/α,β-unsaturated/α-hetero) is 1. The zero-order valence-electron chi connectivity index (χ0n) is 6.89. The molecule has 0 saturated heterocycles. The van der Waals surface area contributed by atoms with Crippen LogP contribution in [0.25, 0.3) is 12.2 Å². The minimum atomic E-state index is -4.33. The molecule has 0 fully saturated rings. The van der Waals surface area contributed by atoms with Gasteiger partial charge in [-0.25, -0.2) is 4.98 Å². The number of nitrogens with zero attached hydrogens (tertiary/aromatic N) is 1. The van der Waals surface area contributed by atoms with E-state index in [-0.39, 0.29) is 12.2 Å². The van der Waals surface area contributed by atoms with Gasteiger partial charge in [0.2, 0.25) is 0 Å². The quantitative estimate of drug-likeness (QED) is 0.537. The molecule has 0 unspecified atom stereocenters. The molecule has 0 saturated carbocycles. The first-order valence-corrected chi connectivity index (χ1v) is 5.19. The lowest BCUT2D eigenvalue weighted by atomic mass is 10.2. The van der Waals surface area contributed by atoms with Crippen LogP contribution in [-0.2, 0) is 14.9 Å². The van der Waals surface area contributed by atoms with Gasteiger partial charge in [0.1, 0.15) is 0 Å². The minimum absolute atomic E-state index is 0.136. The van der Waals surface area contributed by atoms with E-state index in [9.17, 15) is 13.2 Å². The van der Waals surface area contributed by atoms with Crippen molar-refractivity contribution >= 4 is 28.1 Å². The molecular weight excluding hydrogens is 208 g/mol. The van der Waals surface area contributed by atoms with Gasteiger partial charge < -0.3 is 4.98 Å². The van der Waals surface area contributed by atoms with Crippen molar-refractivity contribution in [2.24, 2.45) is 0 Å². The summed E-state index contributed by atoms with van der Waals surface area (Å²) in [6, 6.07) is 0. The number of rotatable bonds is 1. The van der Waals surface area contributed by atoms with E-state index in [2.05, 4.69) is 9.97 Å². The second-order valence-corrected chi connectivity index (χ2v) is 4.17. The molecule has 0 aliphatic heterocycles. The number of imidazole rings is 1. The molecule has 74 valence electrons. The summed E-state index contributed by atoms with van der Waals surface area (Å²) in [6.45, 7) is 0. The molecule has 1 aliphatic carbocycles. The predicted octanol–water partition coefficient (Wildman–Crippen LogP) is -1.81. The molecule has 14 heavy (non-hydrogen) atoms. The fourth-order valence-corrected chi connectivity index (χ4v) is 1.63. The number of carbonyl (C=O) groups excluding carboxylic acids is 1. The third-order valence-electron chi connectivity index (χ3n) is 1.79. The highest BCUT2D eigenvalue weighted by Gasteiger charge is 2.15. The zero-order valence-corrected chi connectivity index (χ0v) is 7.71. The molecule has 0 atom stereocenters. The van der Waals surface area contributed by atoms with Crippen LogP contribution in [0, 0.1) is 0 Å². The summed E-state index contributed by atoms with van der Waals surface area (Å²) < 4.78 is 30.0. The van der Waals surface area contributed by atoms with Crippen LogP contribution >= 0.6 is 0 Å². The Morgan fingerprint density at radius 2 is 2.21 bits per heavy atom. The average Bonchev–Trinajstić information content (AvgIpc) is 2.45. The number of carbonyl (C=O) groups is 1. The van der Waals surface area contributed by atoms with Crippen LogP contribution in [0.15, 0.2) is 5.16 Å². The molecular formula is C7H6N2O4S. The second kappa shape index (κ2) is 2.76. The largest absolute Gasteiger partial charge is 0.328 e. The van der Waals surface area contributed by atoms with Crippen LogP contribution in [0.4, 0.5) is 0 Å². The van der Waals surface area contributed by atoms with E-state index in [1.807, 2.05) is 0 Å². The molecule has 1 aliphatic rings. The van der Waals surface area contributed by atoms with Crippen molar-refractivity contribution in [1.29, 1.82) is 0 Å². The first-order chi connectivity index (χ1) is 6.47. The lowest BCUT2D eigenvalue weighted by Crippen LogP contribution is -2.28. The third-order valence-corrected chi connectivity index (χ3v) is 2.47. The lowest BCUT2D eigenvalue weighted by Gasteiger charge is -1.89. The second-order valence-electron chi connectivity index (χ2n) is 2.83. The Bertz CT molecular complexity index is 611. The fraction of sp³-hybridized carbons (Fsp3) is 0.143. The summed E-state index contributed by atoms with van der Waals surface area (Å²) in [5.74, 6) is -0.136. The first kappa shape index (κ1) is 9.10. The van der Waals surface area contributed by atoms with E-state index in [1.165, 1.54) is 12.2 Å². The van der Waals surface area contributed by atoms with Crippen LogP contribution in [0.5, 0.6) is 0 Å². The van der Waals surface area contributed by atoms with Crippen molar-refractivity contribution < 1.29 is 17.8 Å². The van der Waals surface area contributed by atoms with Crippen LogP contribution in [0.2, 0.25) is 0 Å². The van der Waals surface area contributed by atoms with Crippen molar-refractivity contribution in [2.75, 3.05) is 0 Å². The van der Waals surface area contributed by atoms with Gasteiger partial charge in [-0.2, -0.15) is 8.42 Å². The highest BCUT2D eigenvalue weighted by Crippen LogP contribution is 1.95. The standard InChI is InChI=1S/C7H6N2O4S/c10-4-1-2-5-6(3-4)9-7(8-5)14(11,12)13/h2-3H,1H2,(H,8,9)(H,11,12,13). The maximum Gasteiger partial charge on any atom is 0.328 e. The molecule has 2 rings (SSSR count). The molecule has 6 nitrogen and oxygen atoms in total. The molecule has 2 N–H and O–H groups in total. The Morgan fingerprint density at radius 3 is 2.86 bits per heavy atom. The summed E-state index contributed by atoms with van der Waals surface area (Å²) in [5.41, 5.74) is 0. The molecule has 0 bridgehead atoms. The van der Waals surface area contributed by atoms with Crippen LogP contribution in [-0.4, -0.2) is 28.7 Å². The van der Waals surface area contributed by atoms with Gasteiger partial charge in [0.15, 0.2) is 5.78 Å². The SMILES string of the molecule is O=C1C=c2[nH]c(S(=O)(=O)O)nc2=CC1. The zero-order chi connectivity index (χ0) is 10.3. The number of ketones is 1. The average molecular weight is 214 g/mol. The predicted molar refractivity (Wildman–Crippen MR) is 46.2 cm³/mol. The van der Waals surface area contributed by atoms with Gasteiger partial charge in [-0.1, -0.05) is 0 Å². The summed E-state index contributed by atoms with van der Waals surface area (Å²) >= 11 is 0. The van der Waals surface area contributed by atoms with E-state index in [4.69, 9.17) is 4.55 Å². The highest BCUT2D eigenvalue weighted by atomic mass is 32.2. The summed E-state index contributed by atoms with van der Waals surface area (Å²) in [7, 11) is -4.33. The number of fused-ring (bicyclic) bond motifs is 1. The number of hydrogen-bond donors (Lipinski definition) is 2. The summed E-state index contributed by atoms with van der Waals surface area (Å²) in [4.78, 5) is 16.9. The van der Waals surface area contributed by atoms with Crippen LogP contribution in [0.3, 0.4) is 0 Å². The highest BCUT2D eigenvalue weighted by molar-refractivity contribution is 7.85. The number of aromatic amines is 1. The van der Waals surface area contributed by atoms with Gasteiger partial charge in [-0.05, 0) is 6.08 Å². The van der Waals surface area contributed by atoms with Crippen molar-refractivity contribution in [1.82, 2.24) is 9.97 Å². The van der Waals surface area contributed by atoms with E-state index >= 15 is 0 Å². The Balaban J connectivity index is 2.76. The normalized spacial score (nSPS) is 15.6. The van der Waals surface area contributed by atoms with Crippen LogP contribution in [0.1, 0.15) is 6.42 Å². The topological polar surface area (TPSA) is 100 Å². The molecule has 1 aromatic heterocycles. The number of hydrogen-bond acceptors (Lipinski definition) is 4. The summed E-state index contributed by atoms with van der Waals surface area (Å²) in [5, 5.41) is 0.149. The van der Waals surface area contributed by atoms with Gasteiger partial charge in [-0.3, -0.25) is 9.35 Å². The Kier molecular flexibility index (Phi) is 1.79. The number of H-pyrrole nitrogens is 1. The van der Waals surface area contributed by atoms with Gasteiger partial charge >= 0.3 is 10.1 Å². The van der Waals surface area contributed by atoms with Gasteiger partial charge in [0.05, 0.1) is 10.7 Å². The van der Waals surface area contributed by atoms with Crippen molar-refractivity contribution in [3.63, 3.8) is 0 Å². The van der Waals surface area contributed by atoms with E-state index < -0.39 is 15.3 Å². The fourth-order valence-electron chi connectivity index (χ4n) is 1.18. The van der Waals surface area contributed by atoms with Gasteiger partial charge in [-0.15, -0.1) is 0 Å². The minimum Gasteiger partial charge on any atom is -0.327 e. The van der Waals surface area contributed by atoms with E-state index in [0.29, 0.717) is 10.7 Å². The van der Waals surface area contributed by atoms with E-state index in [1.54, 1.807) is 0 Å². The Labute approximate surface area is 78.7 Å². The monoisotopic (exact) mass is 214 g/mol. The number of aromatic nitrogens is 2.